The minimum absolute atomic E-state index is 0.0542. The summed E-state index contributed by atoms with van der Waals surface area (Å²) in [5.41, 5.74) is 0. The van der Waals surface area contributed by atoms with E-state index in [1.165, 1.54) is 6.92 Å². The first-order chi connectivity index (χ1) is 6.68. The standard InChI is InChI=1S/C10H14N2O2/c1-8(7-12-9(2)13)14-10-5-3-4-6-11-10/h3-6,8H,7H2,1-2H3,(H,12,13). The molecule has 0 aliphatic heterocycles. The highest BCUT2D eigenvalue weighted by Crippen LogP contribution is 2.05. The van der Waals surface area contributed by atoms with Crippen LogP contribution in [0, 0.1) is 0 Å². The van der Waals surface area contributed by atoms with Gasteiger partial charge in [0.05, 0.1) is 6.54 Å². The van der Waals surface area contributed by atoms with Crippen molar-refractivity contribution in [3.63, 3.8) is 0 Å². The molecule has 1 rings (SSSR count). The van der Waals surface area contributed by atoms with E-state index in [9.17, 15) is 4.79 Å². The van der Waals surface area contributed by atoms with Crippen LogP contribution in [0.1, 0.15) is 13.8 Å². The average Bonchev–Trinajstić information content (AvgIpc) is 2.16. The van der Waals surface area contributed by atoms with E-state index in [4.69, 9.17) is 4.74 Å². The Balaban J connectivity index is 2.34. The Morgan fingerprint density at radius 3 is 3.00 bits per heavy atom. The van der Waals surface area contributed by atoms with Gasteiger partial charge in [0.1, 0.15) is 6.10 Å². The van der Waals surface area contributed by atoms with Crippen LogP contribution in [0.4, 0.5) is 0 Å². The van der Waals surface area contributed by atoms with E-state index in [0.717, 1.165) is 0 Å². The first-order valence-corrected chi connectivity index (χ1v) is 4.50. The molecule has 1 heterocycles. The van der Waals surface area contributed by atoms with Gasteiger partial charge in [0.15, 0.2) is 0 Å². The van der Waals surface area contributed by atoms with Gasteiger partial charge in [-0.05, 0) is 13.0 Å². The summed E-state index contributed by atoms with van der Waals surface area (Å²) in [4.78, 5) is 14.6. The molecule has 0 aliphatic carbocycles. The molecule has 76 valence electrons. The van der Waals surface area contributed by atoms with Crippen LogP contribution in [-0.2, 0) is 4.79 Å². The smallest absolute Gasteiger partial charge is 0.217 e. The summed E-state index contributed by atoms with van der Waals surface area (Å²) in [5, 5.41) is 2.67. The number of amides is 1. The van der Waals surface area contributed by atoms with Gasteiger partial charge >= 0.3 is 0 Å². The maximum absolute atomic E-state index is 10.6. The zero-order chi connectivity index (χ0) is 10.4. The first kappa shape index (κ1) is 10.5. The van der Waals surface area contributed by atoms with E-state index < -0.39 is 0 Å². The molecular formula is C10H14N2O2. The van der Waals surface area contributed by atoms with Crippen LogP contribution in [-0.4, -0.2) is 23.5 Å². The van der Waals surface area contributed by atoms with Gasteiger partial charge in [0.25, 0.3) is 0 Å². The SMILES string of the molecule is CC(=O)NCC(C)Oc1ccccn1. The number of carbonyl (C=O) groups is 1. The van der Waals surface area contributed by atoms with Crippen LogP contribution >= 0.6 is 0 Å². The molecule has 14 heavy (non-hydrogen) atoms. The van der Waals surface area contributed by atoms with Gasteiger partial charge in [0, 0.05) is 19.2 Å². The normalized spacial score (nSPS) is 11.9. The monoisotopic (exact) mass is 194 g/mol. The zero-order valence-electron chi connectivity index (χ0n) is 8.36. The molecule has 0 spiro atoms. The quantitative estimate of drug-likeness (QED) is 0.777. The Labute approximate surface area is 83.3 Å². The fourth-order valence-electron chi connectivity index (χ4n) is 0.952. The van der Waals surface area contributed by atoms with Crippen LogP contribution in [0.15, 0.2) is 24.4 Å². The molecule has 0 aliphatic rings. The Bertz CT molecular complexity index is 287. The van der Waals surface area contributed by atoms with Gasteiger partial charge < -0.3 is 10.1 Å². The van der Waals surface area contributed by atoms with Crippen molar-refractivity contribution in [2.75, 3.05) is 6.54 Å². The summed E-state index contributed by atoms with van der Waals surface area (Å²) < 4.78 is 5.44. The van der Waals surface area contributed by atoms with Crippen molar-refractivity contribution < 1.29 is 9.53 Å². The number of ether oxygens (including phenoxy) is 1. The number of aromatic nitrogens is 1. The van der Waals surface area contributed by atoms with Crippen molar-refractivity contribution in [2.24, 2.45) is 0 Å². The number of rotatable bonds is 4. The van der Waals surface area contributed by atoms with E-state index >= 15 is 0 Å². The Hall–Kier alpha value is -1.58. The topological polar surface area (TPSA) is 51.2 Å². The summed E-state index contributed by atoms with van der Waals surface area (Å²) in [7, 11) is 0. The maximum atomic E-state index is 10.6. The predicted octanol–water partition coefficient (Wildman–Crippen LogP) is 0.985. The molecule has 4 heteroatoms. The van der Waals surface area contributed by atoms with Crippen molar-refractivity contribution in [1.29, 1.82) is 0 Å². The molecular weight excluding hydrogens is 180 g/mol. The van der Waals surface area contributed by atoms with E-state index in [0.29, 0.717) is 12.4 Å². The highest BCUT2D eigenvalue weighted by Gasteiger charge is 2.04. The first-order valence-electron chi connectivity index (χ1n) is 4.50. The lowest BCUT2D eigenvalue weighted by Crippen LogP contribution is -2.32. The molecule has 4 nitrogen and oxygen atoms in total. The summed E-state index contributed by atoms with van der Waals surface area (Å²) >= 11 is 0. The molecule has 0 bridgehead atoms. The number of nitrogens with one attached hydrogen (secondary N) is 1. The number of nitrogens with zero attached hydrogens (tertiary/aromatic N) is 1. The molecule has 1 unspecified atom stereocenters. The third kappa shape index (κ3) is 3.89. The summed E-state index contributed by atoms with van der Waals surface area (Å²) in [6, 6.07) is 5.46. The summed E-state index contributed by atoms with van der Waals surface area (Å²) in [6.07, 6.45) is 1.59. The Kier molecular flexibility index (Phi) is 3.91. The lowest BCUT2D eigenvalue weighted by atomic mass is 10.4. The molecule has 0 fully saturated rings. The summed E-state index contributed by atoms with van der Waals surface area (Å²) in [6.45, 7) is 3.85. The number of pyridine rings is 1. The van der Waals surface area contributed by atoms with Crippen molar-refractivity contribution in [2.45, 2.75) is 20.0 Å². The third-order valence-electron chi connectivity index (χ3n) is 1.60. The molecule has 0 radical (unpaired) electrons. The fraction of sp³-hybridized carbons (Fsp3) is 0.400. The van der Waals surface area contributed by atoms with Gasteiger partial charge in [-0.1, -0.05) is 6.07 Å². The second-order valence-corrected chi connectivity index (χ2v) is 3.03. The van der Waals surface area contributed by atoms with Crippen LogP contribution in [0.5, 0.6) is 5.88 Å². The molecule has 1 aromatic heterocycles. The lowest BCUT2D eigenvalue weighted by Gasteiger charge is -2.13. The largest absolute Gasteiger partial charge is 0.473 e. The second kappa shape index (κ2) is 5.21. The average molecular weight is 194 g/mol. The minimum Gasteiger partial charge on any atom is -0.473 e. The molecule has 0 saturated carbocycles. The molecule has 1 N–H and O–H groups in total. The van der Waals surface area contributed by atoms with Crippen molar-refractivity contribution in [1.82, 2.24) is 10.3 Å². The molecule has 1 amide bonds. The van der Waals surface area contributed by atoms with E-state index in [2.05, 4.69) is 10.3 Å². The van der Waals surface area contributed by atoms with E-state index in [1.54, 1.807) is 12.3 Å². The van der Waals surface area contributed by atoms with Gasteiger partial charge in [0.2, 0.25) is 11.8 Å². The van der Waals surface area contributed by atoms with Crippen LogP contribution in [0.2, 0.25) is 0 Å². The highest BCUT2D eigenvalue weighted by molar-refractivity contribution is 5.72. The minimum atomic E-state index is -0.0752. The van der Waals surface area contributed by atoms with Crippen molar-refractivity contribution >= 4 is 5.91 Å². The molecule has 0 aromatic carbocycles. The molecule has 1 atom stereocenters. The summed E-state index contributed by atoms with van der Waals surface area (Å²) in [5.74, 6) is 0.520. The van der Waals surface area contributed by atoms with Gasteiger partial charge in [-0.3, -0.25) is 4.79 Å². The molecule has 0 saturated heterocycles. The fourth-order valence-corrected chi connectivity index (χ4v) is 0.952. The van der Waals surface area contributed by atoms with Crippen LogP contribution < -0.4 is 10.1 Å². The zero-order valence-corrected chi connectivity index (χ0v) is 8.36. The van der Waals surface area contributed by atoms with Crippen molar-refractivity contribution in [3.8, 4) is 5.88 Å². The van der Waals surface area contributed by atoms with Gasteiger partial charge in [-0.25, -0.2) is 4.98 Å². The number of hydrogen-bond donors (Lipinski definition) is 1. The van der Waals surface area contributed by atoms with Crippen LogP contribution in [0.25, 0.3) is 0 Å². The lowest BCUT2D eigenvalue weighted by molar-refractivity contribution is -0.119. The third-order valence-corrected chi connectivity index (χ3v) is 1.60. The van der Waals surface area contributed by atoms with Crippen LogP contribution in [0.3, 0.4) is 0 Å². The number of hydrogen-bond acceptors (Lipinski definition) is 3. The van der Waals surface area contributed by atoms with Gasteiger partial charge in [-0.15, -0.1) is 0 Å². The predicted molar refractivity (Wildman–Crippen MR) is 53.0 cm³/mol. The number of carbonyl (C=O) groups excluding carboxylic acids is 1. The van der Waals surface area contributed by atoms with Gasteiger partial charge in [-0.2, -0.15) is 0 Å². The Morgan fingerprint density at radius 1 is 1.64 bits per heavy atom. The van der Waals surface area contributed by atoms with E-state index in [1.807, 2.05) is 19.1 Å². The molecule has 1 aromatic rings. The maximum Gasteiger partial charge on any atom is 0.217 e. The Morgan fingerprint density at radius 2 is 2.43 bits per heavy atom. The second-order valence-electron chi connectivity index (χ2n) is 3.03. The van der Waals surface area contributed by atoms with E-state index in [-0.39, 0.29) is 12.0 Å². The van der Waals surface area contributed by atoms with Crippen molar-refractivity contribution in [3.05, 3.63) is 24.4 Å². The highest BCUT2D eigenvalue weighted by atomic mass is 16.5.